The number of carboxylic acid groups (broad SMARTS) is 1. The summed E-state index contributed by atoms with van der Waals surface area (Å²) in [5, 5.41) is 15.5. The van der Waals surface area contributed by atoms with Crippen LogP contribution in [0.15, 0.2) is 28.5 Å². The molecule has 1 heterocycles. The van der Waals surface area contributed by atoms with Gasteiger partial charge in [0.25, 0.3) is 10.0 Å². The highest BCUT2D eigenvalue weighted by Gasteiger charge is 2.38. The van der Waals surface area contributed by atoms with Crippen LogP contribution in [0.5, 0.6) is 17.2 Å². The number of rotatable bonds is 14. The van der Waals surface area contributed by atoms with E-state index in [4.69, 9.17) is 40.6 Å². The molecule has 46 heavy (non-hydrogen) atoms. The molecule has 0 spiro atoms. The zero-order chi connectivity index (χ0) is 34.9. The Labute approximate surface area is 260 Å². The Kier molecular flexibility index (Phi) is 13.6. The van der Waals surface area contributed by atoms with Gasteiger partial charge >= 0.3 is 19.7 Å². The smallest absolute Gasteiger partial charge is 0.487 e. The highest BCUT2D eigenvalue weighted by molar-refractivity contribution is 7.92. The van der Waals surface area contributed by atoms with E-state index in [2.05, 4.69) is 0 Å². The molecule has 0 aliphatic rings. The lowest BCUT2D eigenvalue weighted by atomic mass is 10.2. The van der Waals surface area contributed by atoms with Crippen LogP contribution in [-0.4, -0.2) is 63.2 Å². The summed E-state index contributed by atoms with van der Waals surface area (Å²) in [6.07, 6.45) is -5.59. The number of benzene rings is 2. The minimum absolute atomic E-state index is 0.0569. The number of carboxylic acids is 1. The molecule has 0 bridgehead atoms. The number of carbonyl (C=O) groups is 1. The molecule has 1 aromatic heterocycles. The predicted octanol–water partition coefficient (Wildman–Crippen LogP) is 3.78. The average Bonchev–Trinajstić information content (AvgIpc) is 3.43. The Bertz CT molecular complexity index is 1700. The van der Waals surface area contributed by atoms with Crippen molar-refractivity contribution in [3.8, 4) is 23.3 Å². The topological polar surface area (TPSA) is 224 Å². The second kappa shape index (κ2) is 16.3. The molecule has 22 heteroatoms. The zero-order valence-corrected chi connectivity index (χ0v) is 25.7. The molecule has 1 atom stereocenters. The third-order valence-electron chi connectivity index (χ3n) is 5.21. The van der Waals surface area contributed by atoms with Crippen molar-refractivity contribution in [3.05, 3.63) is 47.3 Å². The first-order chi connectivity index (χ1) is 21.4. The number of thiophene rings is 1. The molecule has 7 N–H and O–H groups in total. The molecule has 0 saturated heterocycles. The summed E-state index contributed by atoms with van der Waals surface area (Å²) in [7, 11) is -9.30. The summed E-state index contributed by atoms with van der Waals surface area (Å²) in [5.74, 6) is -7.42. The van der Waals surface area contributed by atoms with Gasteiger partial charge in [-0.15, -0.1) is 11.3 Å². The standard InChI is InChI=1S/C22H24F3N4O7PS2.C2HF3O2/c23-16-9-14(4-3-13(16)11-28)36-37(30,31)12-29-39(32,33)17-10-15-18(24)20(34-7-1-5-26)21(35-8-2-6-27)19(25)22(15)38-17;3-2(4,5)1(6)7/h3-4,9-10,29H,1-2,5-8,12,26-27H2,(H,30,31);(H,6,7). The Morgan fingerprint density at radius 1 is 1.04 bits per heavy atom. The maximum atomic E-state index is 15.4. The average molecular weight is 723 g/mol. The number of nitrogens with zero attached hydrogens (tertiary/aromatic N) is 1. The van der Waals surface area contributed by atoms with Crippen molar-refractivity contribution in [2.75, 3.05) is 32.6 Å². The van der Waals surface area contributed by atoms with Crippen molar-refractivity contribution >= 4 is 45.0 Å². The van der Waals surface area contributed by atoms with Gasteiger partial charge in [-0.25, -0.2) is 30.9 Å². The minimum Gasteiger partial charge on any atom is -0.487 e. The Balaban J connectivity index is 0.000000942. The van der Waals surface area contributed by atoms with Crippen molar-refractivity contribution < 1.29 is 68.1 Å². The Morgan fingerprint density at radius 3 is 2.07 bits per heavy atom. The lowest BCUT2D eigenvalue weighted by Crippen LogP contribution is -2.25. The summed E-state index contributed by atoms with van der Waals surface area (Å²) in [6.45, 7) is 0.331. The molecule has 254 valence electrons. The van der Waals surface area contributed by atoms with Crippen molar-refractivity contribution in [1.29, 1.82) is 5.26 Å². The van der Waals surface area contributed by atoms with Crippen LogP contribution in [-0.2, 0) is 19.4 Å². The van der Waals surface area contributed by atoms with E-state index in [1.54, 1.807) is 6.07 Å². The second-order valence-corrected chi connectivity index (χ2v) is 13.5. The van der Waals surface area contributed by atoms with E-state index in [1.807, 2.05) is 4.72 Å². The predicted molar refractivity (Wildman–Crippen MR) is 151 cm³/mol. The van der Waals surface area contributed by atoms with E-state index in [-0.39, 0.29) is 31.9 Å². The molecular weight excluding hydrogens is 697 g/mol. The number of halogens is 6. The van der Waals surface area contributed by atoms with Crippen LogP contribution >= 0.6 is 18.9 Å². The summed E-state index contributed by atoms with van der Waals surface area (Å²) in [6, 6.07) is 5.17. The van der Waals surface area contributed by atoms with E-state index in [1.165, 1.54) is 0 Å². The van der Waals surface area contributed by atoms with Crippen LogP contribution in [0.1, 0.15) is 18.4 Å². The first-order valence-corrected chi connectivity index (χ1v) is 16.6. The van der Waals surface area contributed by atoms with E-state index < -0.39 is 85.0 Å². The molecule has 3 rings (SSSR count). The summed E-state index contributed by atoms with van der Waals surface area (Å²) in [4.78, 5) is 18.9. The maximum Gasteiger partial charge on any atom is 0.490 e. The summed E-state index contributed by atoms with van der Waals surface area (Å²) < 4.78 is 131. The largest absolute Gasteiger partial charge is 0.490 e. The van der Waals surface area contributed by atoms with Crippen LogP contribution in [0.4, 0.5) is 26.3 Å². The van der Waals surface area contributed by atoms with Gasteiger partial charge in [-0.05, 0) is 44.1 Å². The van der Waals surface area contributed by atoms with Crippen LogP contribution < -0.4 is 30.2 Å². The van der Waals surface area contributed by atoms with Gasteiger partial charge in [-0.3, -0.25) is 0 Å². The van der Waals surface area contributed by atoms with Gasteiger partial charge < -0.3 is 35.5 Å². The Morgan fingerprint density at radius 2 is 1.59 bits per heavy atom. The third-order valence-corrected chi connectivity index (χ3v) is 9.48. The van der Waals surface area contributed by atoms with Crippen LogP contribution in [0.3, 0.4) is 0 Å². The molecule has 0 aliphatic heterocycles. The molecule has 0 saturated carbocycles. The molecule has 1 unspecified atom stereocenters. The fraction of sp³-hybridized carbons (Fsp3) is 0.333. The van der Waals surface area contributed by atoms with E-state index in [9.17, 15) is 35.4 Å². The number of alkyl halides is 3. The van der Waals surface area contributed by atoms with Gasteiger partial charge in [0.2, 0.25) is 11.5 Å². The molecule has 2 aromatic carbocycles. The SMILES string of the molecule is N#Cc1ccc(OP(=O)(O)CNS(=O)(=O)c2cc3c(F)c(OCCCN)c(OCCCN)c(F)c3s2)cc1F.O=C(O)C(F)(F)F. The van der Waals surface area contributed by atoms with E-state index >= 15 is 8.78 Å². The number of fused-ring (bicyclic) bond motifs is 1. The number of hydrogen-bond acceptors (Lipinski definition) is 11. The normalized spacial score (nSPS) is 12.9. The van der Waals surface area contributed by atoms with Crippen molar-refractivity contribution in [2.24, 2.45) is 11.5 Å². The summed E-state index contributed by atoms with van der Waals surface area (Å²) in [5.41, 5.74) is 10.5. The first kappa shape index (κ1) is 38.5. The van der Waals surface area contributed by atoms with Gasteiger partial charge in [-0.2, -0.15) is 23.2 Å². The van der Waals surface area contributed by atoms with Gasteiger partial charge in [-0.1, -0.05) is 0 Å². The van der Waals surface area contributed by atoms with Crippen LogP contribution in [0.25, 0.3) is 10.1 Å². The van der Waals surface area contributed by atoms with Crippen LogP contribution in [0, 0.1) is 28.8 Å². The molecule has 0 amide bonds. The fourth-order valence-corrected chi connectivity index (χ4v) is 7.04. The van der Waals surface area contributed by atoms with E-state index in [0.717, 1.165) is 18.2 Å². The summed E-state index contributed by atoms with van der Waals surface area (Å²) >= 11 is 0.358. The molecule has 13 nitrogen and oxygen atoms in total. The molecule has 0 radical (unpaired) electrons. The van der Waals surface area contributed by atoms with Gasteiger partial charge in [0.15, 0.2) is 11.6 Å². The number of nitriles is 1. The number of nitrogens with one attached hydrogen (secondary N) is 1. The Hall–Kier alpha value is -3.64. The second-order valence-electron chi connectivity index (χ2n) is 8.67. The lowest BCUT2D eigenvalue weighted by Gasteiger charge is -2.15. The number of aliphatic carboxylic acids is 1. The highest BCUT2D eigenvalue weighted by atomic mass is 32.2. The number of ether oxygens (including phenoxy) is 2. The van der Waals surface area contributed by atoms with Crippen molar-refractivity contribution in [2.45, 2.75) is 23.2 Å². The van der Waals surface area contributed by atoms with Gasteiger partial charge in [0.1, 0.15) is 28.1 Å². The van der Waals surface area contributed by atoms with Gasteiger partial charge in [0, 0.05) is 11.5 Å². The number of nitrogens with two attached hydrogens (primary N) is 2. The molecule has 0 fully saturated rings. The van der Waals surface area contributed by atoms with Gasteiger partial charge in [0.05, 0.1) is 23.5 Å². The van der Waals surface area contributed by atoms with Crippen molar-refractivity contribution in [3.63, 3.8) is 0 Å². The molecular formula is C24H25F6N4O9PS2. The lowest BCUT2D eigenvalue weighted by molar-refractivity contribution is -0.192. The van der Waals surface area contributed by atoms with Crippen LogP contribution in [0.2, 0.25) is 0 Å². The zero-order valence-electron chi connectivity index (χ0n) is 23.1. The highest BCUT2D eigenvalue weighted by Crippen LogP contribution is 2.45. The van der Waals surface area contributed by atoms with Crippen molar-refractivity contribution in [1.82, 2.24) is 4.72 Å². The fourth-order valence-electron chi connectivity index (χ4n) is 3.10. The van der Waals surface area contributed by atoms with E-state index in [0.29, 0.717) is 30.2 Å². The number of hydrogen-bond donors (Lipinski definition) is 5. The monoisotopic (exact) mass is 722 g/mol. The third kappa shape index (κ3) is 10.4. The minimum atomic E-state index is -5.08. The maximum absolute atomic E-state index is 15.4. The number of sulfonamides is 1. The molecule has 0 aliphatic carbocycles. The quantitative estimate of drug-likeness (QED) is 0.0911. The first-order valence-electron chi connectivity index (χ1n) is 12.5. The molecule has 3 aromatic rings.